The number of fused-ring (bicyclic) bond motifs is 9. The highest BCUT2D eigenvalue weighted by atomic mass is 15.0. The molecule has 0 atom stereocenters. The van der Waals surface area contributed by atoms with Crippen molar-refractivity contribution in [3.05, 3.63) is 236 Å². The molecular weight excluding hydrogens is 763 g/mol. The van der Waals surface area contributed by atoms with Gasteiger partial charge in [0.2, 0.25) is 0 Å². The molecule has 3 nitrogen and oxygen atoms in total. The molecule has 63 heavy (non-hydrogen) atoms. The van der Waals surface area contributed by atoms with Gasteiger partial charge in [0.05, 0.1) is 42.7 Å². The van der Waals surface area contributed by atoms with Gasteiger partial charge in [0.15, 0.2) is 0 Å². The normalized spacial score (nSPS) is 13.4. The Morgan fingerprint density at radius 3 is 1.60 bits per heavy atom. The van der Waals surface area contributed by atoms with Gasteiger partial charge >= 0.3 is 0 Å². The van der Waals surface area contributed by atoms with Crippen LogP contribution in [0.4, 0.5) is 0 Å². The Hall–Kier alpha value is -8.40. The van der Waals surface area contributed by atoms with E-state index in [4.69, 9.17) is 2.74 Å². The quantitative estimate of drug-likeness (QED) is 0.159. The maximum atomic E-state index is 10.1. The van der Waals surface area contributed by atoms with Gasteiger partial charge in [0, 0.05) is 49.4 Å². The fraction of sp³-hybridized carbons (Fsp3) is 0. The number of hydrogen-bond donors (Lipinski definition) is 0. The van der Waals surface area contributed by atoms with Crippen LogP contribution in [0.25, 0.3) is 116 Å². The second kappa shape index (κ2) is 14.1. The maximum Gasteiger partial charge on any atom is 0.0645 e. The van der Waals surface area contributed by atoms with Crippen LogP contribution in [-0.4, -0.2) is 13.7 Å². The van der Waals surface area contributed by atoms with E-state index in [1.54, 1.807) is 4.57 Å². The van der Waals surface area contributed by atoms with Crippen LogP contribution < -0.4 is 0 Å². The van der Waals surface area contributed by atoms with Crippen molar-refractivity contribution < 1.29 is 9.60 Å². The van der Waals surface area contributed by atoms with E-state index in [9.17, 15) is 6.85 Å². The van der Waals surface area contributed by atoms with Crippen molar-refractivity contribution in [2.45, 2.75) is 0 Å². The first-order chi connectivity index (χ1) is 34.2. The summed E-state index contributed by atoms with van der Waals surface area (Å²) in [6.07, 6.45) is 0. The minimum Gasteiger partial charge on any atom is -0.309 e. The zero-order chi connectivity index (χ0) is 47.5. The minimum atomic E-state index is -0.430. The van der Waals surface area contributed by atoms with Crippen LogP contribution >= 0.6 is 0 Å². The van der Waals surface area contributed by atoms with Crippen molar-refractivity contribution >= 4 is 65.4 Å². The Kier molecular flexibility index (Phi) is 6.48. The zero-order valence-electron chi connectivity index (χ0n) is 40.8. The van der Waals surface area contributed by atoms with Crippen LogP contribution in [0.3, 0.4) is 0 Å². The van der Waals surface area contributed by atoms with Crippen LogP contribution in [0.1, 0.15) is 9.60 Å². The van der Waals surface area contributed by atoms with Crippen molar-refractivity contribution in [1.29, 1.82) is 0 Å². The molecule has 3 heteroatoms. The van der Waals surface area contributed by atoms with Gasteiger partial charge in [-0.05, 0) is 118 Å². The van der Waals surface area contributed by atoms with Gasteiger partial charge in [-0.3, -0.25) is 0 Å². The molecule has 0 saturated carbocycles. The fourth-order valence-electron chi connectivity index (χ4n) is 9.59. The van der Waals surface area contributed by atoms with Crippen molar-refractivity contribution in [2.24, 2.45) is 0 Å². The molecule has 0 aliphatic carbocycles. The van der Waals surface area contributed by atoms with Gasteiger partial charge in [-0.15, -0.1) is 0 Å². The SMILES string of the molecule is [2H]c1c([2H])c([2H])c2c(c1[2H])c1c([2H])c(-c3ccc4c(c3)c3ccc(-c5ccccc5)cc3n4-c3cccc(-c4ccccc4)c3)c([2H])c([2H])c1n2-c1ccc2c(c1)c1ccccc1n2-c1ccccc1. The number of aromatic nitrogens is 3. The van der Waals surface area contributed by atoms with E-state index in [1.165, 1.54) is 0 Å². The molecule has 0 aliphatic heterocycles. The third kappa shape index (κ3) is 5.60. The molecular formula is C60H39N3. The average Bonchev–Trinajstić information content (AvgIpc) is 4.06. The van der Waals surface area contributed by atoms with E-state index in [1.807, 2.05) is 103 Å². The third-order valence-electron chi connectivity index (χ3n) is 12.5. The molecule has 0 unspecified atom stereocenters. The third-order valence-corrected chi connectivity index (χ3v) is 12.5. The van der Waals surface area contributed by atoms with Crippen LogP contribution in [0.5, 0.6) is 0 Å². The lowest BCUT2D eigenvalue weighted by atomic mass is 9.99. The number of benzene rings is 10. The van der Waals surface area contributed by atoms with Crippen molar-refractivity contribution in [2.75, 3.05) is 0 Å². The van der Waals surface area contributed by atoms with Gasteiger partial charge in [0.1, 0.15) is 0 Å². The second-order valence-electron chi connectivity index (χ2n) is 16.0. The molecule has 0 spiro atoms. The molecule has 0 fully saturated rings. The Balaban J connectivity index is 1.07. The van der Waals surface area contributed by atoms with Crippen LogP contribution in [0, 0.1) is 0 Å². The smallest absolute Gasteiger partial charge is 0.0645 e. The molecule has 3 heterocycles. The molecule has 13 rings (SSSR count). The Bertz CT molecular complexity index is 4310. The second-order valence-corrected chi connectivity index (χ2v) is 16.0. The number of nitrogens with zero attached hydrogens (tertiary/aromatic N) is 3. The first-order valence-corrected chi connectivity index (χ1v) is 21.1. The Morgan fingerprint density at radius 1 is 0.254 bits per heavy atom. The van der Waals surface area contributed by atoms with Crippen molar-refractivity contribution in [1.82, 2.24) is 13.7 Å². The van der Waals surface area contributed by atoms with Gasteiger partial charge < -0.3 is 13.7 Å². The largest absolute Gasteiger partial charge is 0.309 e. The van der Waals surface area contributed by atoms with Gasteiger partial charge in [-0.1, -0.05) is 152 Å². The highest BCUT2D eigenvalue weighted by molar-refractivity contribution is 6.14. The van der Waals surface area contributed by atoms with E-state index in [0.717, 1.165) is 77.2 Å². The van der Waals surface area contributed by atoms with Crippen molar-refractivity contribution in [3.63, 3.8) is 0 Å². The molecule has 294 valence electrons. The minimum absolute atomic E-state index is 0.0865. The van der Waals surface area contributed by atoms with Crippen LogP contribution in [0.2, 0.25) is 0 Å². The van der Waals surface area contributed by atoms with Crippen LogP contribution in [-0.2, 0) is 0 Å². The van der Waals surface area contributed by atoms with E-state index in [-0.39, 0.29) is 57.6 Å². The lowest BCUT2D eigenvalue weighted by Crippen LogP contribution is -1.95. The van der Waals surface area contributed by atoms with E-state index < -0.39 is 12.1 Å². The summed E-state index contributed by atoms with van der Waals surface area (Å²) >= 11 is 0. The molecule has 0 amide bonds. The highest BCUT2D eigenvalue weighted by Gasteiger charge is 2.19. The Labute approximate surface area is 374 Å². The highest BCUT2D eigenvalue weighted by Crippen LogP contribution is 2.41. The fourth-order valence-corrected chi connectivity index (χ4v) is 9.59. The first-order valence-electron chi connectivity index (χ1n) is 24.6. The van der Waals surface area contributed by atoms with Gasteiger partial charge in [0.25, 0.3) is 0 Å². The van der Waals surface area contributed by atoms with Gasteiger partial charge in [-0.2, -0.15) is 0 Å². The first kappa shape index (κ1) is 29.0. The predicted molar refractivity (Wildman–Crippen MR) is 266 cm³/mol. The summed E-state index contributed by atoms with van der Waals surface area (Å²) in [5.41, 5.74) is 11.8. The monoisotopic (exact) mass is 808 g/mol. The summed E-state index contributed by atoms with van der Waals surface area (Å²) in [6, 6.07) is 63.6. The molecule has 0 saturated heterocycles. The van der Waals surface area contributed by atoms with Crippen LogP contribution in [0.15, 0.2) is 236 Å². The number of rotatable bonds is 6. The molecule has 3 aromatic heterocycles. The maximum absolute atomic E-state index is 10.1. The molecule has 0 bridgehead atoms. The molecule has 0 N–H and O–H groups in total. The molecule has 10 aromatic carbocycles. The van der Waals surface area contributed by atoms with E-state index in [0.29, 0.717) is 11.3 Å². The van der Waals surface area contributed by atoms with E-state index in [2.05, 4.69) is 100 Å². The molecule has 0 aliphatic rings. The standard InChI is InChI=1S/C60H39N3/c1-4-15-40(16-5-1)42-19-14-22-47(35-42)63-58-33-29-44(37-53(58)51-31-27-45(38-60(51)63)41-17-6-2-7-18-41)43-28-32-57-52(36-43)49-23-10-13-26-56(49)62(57)48-30-34-59-54(39-48)50-24-11-12-25-55(50)61(59)46-20-8-3-9-21-46/h1-39H/i10D,13D,23D,26D,28D,32D,36D. The average molecular weight is 809 g/mol. The predicted octanol–water partition coefficient (Wildman–Crippen LogP) is 16.0. The van der Waals surface area contributed by atoms with Crippen molar-refractivity contribution in [3.8, 4) is 50.4 Å². The summed E-state index contributed by atoms with van der Waals surface area (Å²) in [6.45, 7) is 0. The molecule has 0 radical (unpaired) electrons. The number of para-hydroxylation sites is 3. The summed E-state index contributed by atoms with van der Waals surface area (Å²) in [5.74, 6) is 0. The summed E-state index contributed by atoms with van der Waals surface area (Å²) in [7, 11) is 0. The van der Waals surface area contributed by atoms with Gasteiger partial charge in [-0.25, -0.2) is 0 Å². The summed E-state index contributed by atoms with van der Waals surface area (Å²) in [4.78, 5) is 0. The summed E-state index contributed by atoms with van der Waals surface area (Å²) in [5, 5.41) is 4.09. The zero-order valence-corrected chi connectivity index (χ0v) is 33.8. The lowest BCUT2D eigenvalue weighted by Gasteiger charge is -2.12. The topological polar surface area (TPSA) is 14.8 Å². The molecule has 13 aromatic rings. The van der Waals surface area contributed by atoms with E-state index >= 15 is 0 Å². The lowest BCUT2D eigenvalue weighted by molar-refractivity contribution is 1.17. The Morgan fingerprint density at radius 2 is 0.794 bits per heavy atom. The number of hydrogen-bond acceptors (Lipinski definition) is 0. The summed E-state index contributed by atoms with van der Waals surface area (Å²) < 4.78 is 72.2.